The zero-order chi connectivity index (χ0) is 11.5. The maximum atomic E-state index is 5.56. The van der Waals surface area contributed by atoms with Gasteiger partial charge in [-0.05, 0) is 24.1 Å². The molecule has 90 valence electrons. The van der Waals surface area contributed by atoms with Crippen LogP contribution in [-0.2, 0) is 4.74 Å². The lowest BCUT2D eigenvalue weighted by atomic mass is 10.3. The largest absolute Gasteiger partial charge is 0.360 e. The van der Waals surface area contributed by atoms with Crippen LogP contribution in [0.15, 0.2) is 28.6 Å². The highest BCUT2D eigenvalue weighted by Gasteiger charge is 2.13. The van der Waals surface area contributed by atoms with Crippen molar-refractivity contribution >= 4 is 33.5 Å². The predicted molar refractivity (Wildman–Crippen MR) is 71.2 cm³/mol. The number of ether oxygens (including phenoxy) is 1. The molecule has 2 N–H and O–H groups in total. The second kappa shape index (κ2) is 5.32. The predicted octanol–water partition coefficient (Wildman–Crippen LogP) is 1.84. The Morgan fingerprint density at radius 3 is 3.24 bits per heavy atom. The van der Waals surface area contributed by atoms with E-state index in [-0.39, 0.29) is 6.23 Å². The van der Waals surface area contributed by atoms with Gasteiger partial charge in [0.25, 0.3) is 0 Å². The number of fused-ring (bicyclic) bond motifs is 1. The number of aromatic nitrogens is 1. The average Bonchev–Trinajstić information content (AvgIpc) is 2.80. The third-order valence-electron chi connectivity index (χ3n) is 2.48. The monoisotopic (exact) mass is 267 g/mol. The Hall–Kier alpha value is -0.660. The Labute approximate surface area is 108 Å². The molecule has 17 heavy (non-hydrogen) atoms. The highest BCUT2D eigenvalue weighted by atomic mass is 32.2. The van der Waals surface area contributed by atoms with Crippen LogP contribution >= 0.6 is 23.3 Å². The van der Waals surface area contributed by atoms with Crippen LogP contribution in [0, 0.1) is 0 Å². The summed E-state index contributed by atoms with van der Waals surface area (Å²) in [5.74, 6) is 0. The molecule has 1 aliphatic rings. The molecule has 0 bridgehead atoms. The van der Waals surface area contributed by atoms with Gasteiger partial charge >= 0.3 is 0 Å². The minimum absolute atomic E-state index is 0.0702. The molecule has 2 aromatic rings. The highest BCUT2D eigenvalue weighted by molar-refractivity contribution is 7.99. The summed E-state index contributed by atoms with van der Waals surface area (Å²) in [6.45, 7) is 2.54. The molecule has 6 heteroatoms. The number of benzene rings is 1. The van der Waals surface area contributed by atoms with E-state index in [1.807, 2.05) is 18.2 Å². The summed E-state index contributed by atoms with van der Waals surface area (Å²) in [6, 6.07) is 8.18. The van der Waals surface area contributed by atoms with Gasteiger partial charge in [-0.2, -0.15) is 0 Å². The molecule has 4 nitrogen and oxygen atoms in total. The van der Waals surface area contributed by atoms with Crippen LogP contribution in [0.1, 0.15) is 0 Å². The van der Waals surface area contributed by atoms with E-state index in [2.05, 4.69) is 21.1 Å². The van der Waals surface area contributed by atoms with Crippen LogP contribution in [-0.4, -0.2) is 30.9 Å². The fourth-order valence-electron chi connectivity index (χ4n) is 1.65. The molecule has 0 amide bonds. The normalized spacial score (nSPS) is 20.8. The van der Waals surface area contributed by atoms with Crippen LogP contribution in [0.4, 0.5) is 0 Å². The number of hydrogen-bond donors (Lipinski definition) is 2. The molecular weight excluding hydrogens is 254 g/mol. The van der Waals surface area contributed by atoms with Crippen molar-refractivity contribution in [3.63, 3.8) is 0 Å². The molecule has 1 fully saturated rings. The maximum absolute atomic E-state index is 5.56. The van der Waals surface area contributed by atoms with Crippen molar-refractivity contribution in [1.82, 2.24) is 15.0 Å². The van der Waals surface area contributed by atoms with Gasteiger partial charge in [0, 0.05) is 13.1 Å². The number of nitrogens with zero attached hydrogens (tertiary/aromatic N) is 1. The molecule has 1 unspecified atom stereocenters. The van der Waals surface area contributed by atoms with Crippen LogP contribution in [0.5, 0.6) is 0 Å². The number of hydrogen-bond acceptors (Lipinski definition) is 6. The van der Waals surface area contributed by atoms with Gasteiger partial charge in [0.2, 0.25) is 0 Å². The summed E-state index contributed by atoms with van der Waals surface area (Å²) in [7, 11) is 0. The van der Waals surface area contributed by atoms with Crippen molar-refractivity contribution < 1.29 is 4.74 Å². The highest BCUT2D eigenvalue weighted by Crippen LogP contribution is 2.27. The second-order valence-corrected chi connectivity index (χ2v) is 5.85. The number of thiazole rings is 1. The van der Waals surface area contributed by atoms with E-state index in [0.29, 0.717) is 0 Å². The first-order chi connectivity index (χ1) is 8.42. The molecule has 1 saturated heterocycles. The maximum Gasteiger partial charge on any atom is 0.166 e. The first-order valence-electron chi connectivity index (χ1n) is 5.52. The quantitative estimate of drug-likeness (QED) is 0.831. The van der Waals surface area contributed by atoms with Crippen molar-refractivity contribution in [3.05, 3.63) is 24.3 Å². The van der Waals surface area contributed by atoms with E-state index in [9.17, 15) is 0 Å². The molecule has 1 aromatic heterocycles. The van der Waals surface area contributed by atoms with Crippen molar-refractivity contribution in [2.75, 3.05) is 19.7 Å². The van der Waals surface area contributed by atoms with Crippen LogP contribution in [0.3, 0.4) is 0 Å². The van der Waals surface area contributed by atoms with Crippen molar-refractivity contribution in [1.29, 1.82) is 0 Å². The molecule has 1 aromatic carbocycles. The van der Waals surface area contributed by atoms with Gasteiger partial charge in [-0.3, -0.25) is 0 Å². The van der Waals surface area contributed by atoms with E-state index in [4.69, 9.17) is 4.74 Å². The minimum atomic E-state index is 0.0702. The Morgan fingerprint density at radius 2 is 2.41 bits per heavy atom. The van der Waals surface area contributed by atoms with Gasteiger partial charge < -0.3 is 10.1 Å². The van der Waals surface area contributed by atoms with Crippen LogP contribution in [0.25, 0.3) is 10.2 Å². The van der Waals surface area contributed by atoms with Crippen molar-refractivity contribution in [2.24, 2.45) is 0 Å². The zero-order valence-electron chi connectivity index (χ0n) is 9.18. The smallest absolute Gasteiger partial charge is 0.166 e. The lowest BCUT2D eigenvalue weighted by Gasteiger charge is -2.23. The van der Waals surface area contributed by atoms with Gasteiger partial charge in [-0.25, -0.2) is 9.71 Å². The third kappa shape index (κ3) is 2.78. The Bertz CT molecular complexity index is 463. The molecular formula is C11H13N3OS2. The van der Waals surface area contributed by atoms with E-state index in [0.717, 1.165) is 29.6 Å². The number of nitrogens with one attached hydrogen (secondary N) is 2. The van der Waals surface area contributed by atoms with E-state index in [1.54, 1.807) is 23.3 Å². The van der Waals surface area contributed by atoms with Crippen molar-refractivity contribution in [3.8, 4) is 0 Å². The van der Waals surface area contributed by atoms with E-state index >= 15 is 0 Å². The molecule has 0 radical (unpaired) electrons. The fourth-order valence-corrected chi connectivity index (χ4v) is 3.46. The van der Waals surface area contributed by atoms with E-state index < -0.39 is 0 Å². The molecule has 2 heterocycles. The standard InChI is InChI=1S/C11H13N3OS2/c1-2-4-9-8(3-1)13-11(16-9)17-14-10-7-12-5-6-15-10/h1-4,10,12,14H,5-7H2. The summed E-state index contributed by atoms with van der Waals surface area (Å²) in [5, 5.41) is 3.28. The Balaban J connectivity index is 1.64. The third-order valence-corrected chi connectivity index (χ3v) is 4.46. The van der Waals surface area contributed by atoms with Crippen molar-refractivity contribution in [2.45, 2.75) is 10.6 Å². The van der Waals surface area contributed by atoms with Gasteiger partial charge in [-0.15, -0.1) is 11.3 Å². The number of morpholine rings is 1. The first kappa shape index (κ1) is 11.4. The molecule has 0 saturated carbocycles. The summed E-state index contributed by atoms with van der Waals surface area (Å²) in [4.78, 5) is 4.54. The SMILES string of the molecule is c1ccc2sc(SNC3CNCCO3)nc2c1. The lowest BCUT2D eigenvalue weighted by Crippen LogP contribution is -2.44. The number of rotatable bonds is 3. The summed E-state index contributed by atoms with van der Waals surface area (Å²) in [6.07, 6.45) is 0.0702. The minimum Gasteiger partial charge on any atom is -0.360 e. The first-order valence-corrected chi connectivity index (χ1v) is 7.15. The summed E-state index contributed by atoms with van der Waals surface area (Å²) < 4.78 is 11.1. The fraction of sp³-hybridized carbons (Fsp3) is 0.364. The second-order valence-electron chi connectivity index (χ2n) is 3.73. The summed E-state index contributed by atoms with van der Waals surface area (Å²) in [5.41, 5.74) is 1.06. The zero-order valence-corrected chi connectivity index (χ0v) is 10.8. The Kier molecular flexibility index (Phi) is 3.58. The van der Waals surface area contributed by atoms with Gasteiger partial charge in [-0.1, -0.05) is 12.1 Å². The van der Waals surface area contributed by atoms with Gasteiger partial charge in [0.15, 0.2) is 4.34 Å². The van der Waals surface area contributed by atoms with E-state index in [1.165, 1.54) is 4.70 Å². The summed E-state index contributed by atoms with van der Waals surface area (Å²) >= 11 is 3.24. The van der Waals surface area contributed by atoms with Crippen LogP contribution in [0.2, 0.25) is 0 Å². The molecule has 0 spiro atoms. The average molecular weight is 267 g/mol. The molecule has 0 aliphatic carbocycles. The topological polar surface area (TPSA) is 46.2 Å². The molecule has 1 atom stereocenters. The molecule has 1 aliphatic heterocycles. The van der Waals surface area contributed by atoms with Gasteiger partial charge in [0.1, 0.15) is 6.23 Å². The van der Waals surface area contributed by atoms with Crippen LogP contribution < -0.4 is 10.0 Å². The van der Waals surface area contributed by atoms with Gasteiger partial charge in [0.05, 0.1) is 16.8 Å². The lowest BCUT2D eigenvalue weighted by molar-refractivity contribution is 0.0237. The Morgan fingerprint density at radius 1 is 1.47 bits per heavy atom. The molecule has 3 rings (SSSR count). The number of para-hydroxylation sites is 1.